The van der Waals surface area contributed by atoms with Gasteiger partial charge < -0.3 is 10.4 Å². The van der Waals surface area contributed by atoms with E-state index in [1.54, 1.807) is 6.92 Å². The van der Waals surface area contributed by atoms with Crippen molar-refractivity contribution < 1.29 is 22.9 Å². The van der Waals surface area contributed by atoms with Crippen molar-refractivity contribution in [2.24, 2.45) is 5.41 Å². The third-order valence-electron chi connectivity index (χ3n) is 2.97. The number of carbonyl (C=O) groups is 1. The Morgan fingerprint density at radius 1 is 1.28 bits per heavy atom. The molecule has 0 amide bonds. The van der Waals surface area contributed by atoms with Gasteiger partial charge in [0, 0.05) is 5.54 Å². The first-order valence-electron chi connectivity index (χ1n) is 5.81. The highest BCUT2D eigenvalue weighted by atomic mass is 32.2. The number of carboxylic acid groups (broad SMARTS) is 1. The average molecular weight is 281 g/mol. The molecule has 0 aliphatic carbocycles. The van der Waals surface area contributed by atoms with Gasteiger partial charge in [-0.1, -0.05) is 13.8 Å². The van der Waals surface area contributed by atoms with Crippen LogP contribution in [0.1, 0.15) is 40.5 Å². The number of nitrogens with one attached hydrogen (secondary N) is 1. The van der Waals surface area contributed by atoms with Crippen molar-refractivity contribution in [3.63, 3.8) is 0 Å². The molecule has 0 aromatic carbocycles. The Bertz CT molecular complexity index is 390. The van der Waals surface area contributed by atoms with Crippen LogP contribution in [0.3, 0.4) is 0 Å². The van der Waals surface area contributed by atoms with Crippen LogP contribution in [0, 0.1) is 5.41 Å². The van der Waals surface area contributed by atoms with Gasteiger partial charge in [0.1, 0.15) is 0 Å². The Morgan fingerprint density at radius 2 is 1.78 bits per heavy atom. The van der Waals surface area contributed by atoms with Crippen molar-refractivity contribution in [2.75, 3.05) is 12.3 Å². The molecule has 0 aromatic heterocycles. The van der Waals surface area contributed by atoms with Crippen LogP contribution >= 0.6 is 0 Å². The van der Waals surface area contributed by atoms with Gasteiger partial charge in [-0.2, -0.15) is 8.42 Å². The fraction of sp³-hybridized carbons (Fsp3) is 0.909. The van der Waals surface area contributed by atoms with E-state index < -0.39 is 27.0 Å². The summed E-state index contributed by atoms with van der Waals surface area (Å²) in [4.78, 5) is 10.5. The summed E-state index contributed by atoms with van der Waals surface area (Å²) in [5.41, 5.74) is -1.11. The summed E-state index contributed by atoms with van der Waals surface area (Å²) >= 11 is 0. The van der Waals surface area contributed by atoms with Crippen LogP contribution in [0.5, 0.6) is 0 Å². The SMILES string of the molecule is CCC(C)(CC(C)(C)NCC(=O)O)CS(=O)(=O)O. The zero-order chi connectivity index (χ0) is 14.6. The lowest BCUT2D eigenvalue weighted by Gasteiger charge is -2.36. The molecule has 3 N–H and O–H groups in total. The lowest BCUT2D eigenvalue weighted by molar-refractivity contribution is -0.136. The predicted molar refractivity (Wildman–Crippen MR) is 69.1 cm³/mol. The smallest absolute Gasteiger partial charge is 0.317 e. The zero-order valence-electron chi connectivity index (χ0n) is 11.4. The number of aliphatic carboxylic acids is 1. The van der Waals surface area contributed by atoms with Gasteiger partial charge in [0.25, 0.3) is 10.1 Å². The Kier molecular flexibility index (Phi) is 5.77. The second-order valence-electron chi connectivity index (χ2n) is 5.70. The van der Waals surface area contributed by atoms with Crippen LogP contribution in [0.25, 0.3) is 0 Å². The molecule has 108 valence electrons. The maximum atomic E-state index is 11.0. The second-order valence-corrected chi connectivity index (χ2v) is 7.15. The standard InChI is InChI=1S/C11H23NO5S/c1-5-11(4,8-18(15,16)17)7-10(2,3)12-6-9(13)14/h12H,5-8H2,1-4H3,(H,13,14)(H,15,16,17). The molecule has 0 rings (SSSR count). The molecule has 0 spiro atoms. The molecule has 6 nitrogen and oxygen atoms in total. The Morgan fingerprint density at radius 3 is 2.11 bits per heavy atom. The van der Waals surface area contributed by atoms with Crippen molar-refractivity contribution in [2.45, 2.75) is 46.1 Å². The molecule has 0 radical (unpaired) electrons. The highest BCUT2D eigenvalue weighted by molar-refractivity contribution is 7.85. The topological polar surface area (TPSA) is 104 Å². The molecule has 0 fully saturated rings. The van der Waals surface area contributed by atoms with E-state index in [2.05, 4.69) is 5.32 Å². The summed E-state index contributed by atoms with van der Waals surface area (Å²) in [5, 5.41) is 11.5. The maximum absolute atomic E-state index is 11.0. The fourth-order valence-electron chi connectivity index (χ4n) is 2.16. The van der Waals surface area contributed by atoms with E-state index >= 15 is 0 Å². The first-order valence-corrected chi connectivity index (χ1v) is 7.42. The summed E-state index contributed by atoms with van der Waals surface area (Å²) in [6.07, 6.45) is 1.02. The molecular weight excluding hydrogens is 258 g/mol. The van der Waals surface area contributed by atoms with Crippen molar-refractivity contribution in [1.29, 1.82) is 0 Å². The van der Waals surface area contributed by atoms with Crippen LogP contribution in [0.4, 0.5) is 0 Å². The van der Waals surface area contributed by atoms with Crippen LogP contribution in [0.15, 0.2) is 0 Å². The summed E-state index contributed by atoms with van der Waals surface area (Å²) in [6.45, 7) is 7.06. The minimum absolute atomic E-state index is 0.182. The molecule has 7 heteroatoms. The van der Waals surface area contributed by atoms with E-state index in [1.165, 1.54) is 0 Å². The average Bonchev–Trinajstić information content (AvgIpc) is 2.11. The fourth-order valence-corrected chi connectivity index (χ4v) is 3.35. The van der Waals surface area contributed by atoms with E-state index in [-0.39, 0.29) is 12.3 Å². The highest BCUT2D eigenvalue weighted by Crippen LogP contribution is 2.33. The van der Waals surface area contributed by atoms with Gasteiger partial charge in [-0.25, -0.2) is 0 Å². The van der Waals surface area contributed by atoms with Gasteiger partial charge in [0.2, 0.25) is 0 Å². The number of rotatable bonds is 8. The molecule has 0 heterocycles. The quantitative estimate of drug-likeness (QED) is 0.576. The minimum atomic E-state index is -4.04. The zero-order valence-corrected chi connectivity index (χ0v) is 12.2. The van der Waals surface area contributed by atoms with Crippen molar-refractivity contribution in [1.82, 2.24) is 5.32 Å². The third-order valence-corrected chi connectivity index (χ3v) is 4.03. The van der Waals surface area contributed by atoms with Gasteiger partial charge in [-0.15, -0.1) is 0 Å². The molecule has 0 aliphatic rings. The minimum Gasteiger partial charge on any atom is -0.480 e. The third kappa shape index (κ3) is 7.62. The van der Waals surface area contributed by atoms with Crippen molar-refractivity contribution in [3.8, 4) is 0 Å². The van der Waals surface area contributed by atoms with Gasteiger partial charge in [0.05, 0.1) is 12.3 Å². The Balaban J connectivity index is 4.73. The molecule has 1 atom stereocenters. The van der Waals surface area contributed by atoms with E-state index in [1.807, 2.05) is 20.8 Å². The van der Waals surface area contributed by atoms with Gasteiger partial charge in [0.15, 0.2) is 0 Å². The lowest BCUT2D eigenvalue weighted by Crippen LogP contribution is -2.47. The molecular formula is C11H23NO5S. The summed E-state index contributed by atoms with van der Waals surface area (Å²) in [5.74, 6) is -1.29. The van der Waals surface area contributed by atoms with Crippen LogP contribution in [-0.4, -0.2) is 41.9 Å². The molecule has 1 unspecified atom stereocenters. The monoisotopic (exact) mass is 281 g/mol. The second kappa shape index (κ2) is 5.99. The molecule has 0 aromatic rings. The normalized spacial score (nSPS) is 16.3. The Hall–Kier alpha value is -0.660. The molecule has 0 saturated heterocycles. The van der Waals surface area contributed by atoms with E-state index in [0.29, 0.717) is 12.8 Å². The highest BCUT2D eigenvalue weighted by Gasteiger charge is 2.34. The van der Waals surface area contributed by atoms with Crippen LogP contribution < -0.4 is 5.32 Å². The van der Waals surface area contributed by atoms with E-state index in [0.717, 1.165) is 0 Å². The number of hydrogen-bond donors (Lipinski definition) is 3. The van der Waals surface area contributed by atoms with Crippen LogP contribution in [-0.2, 0) is 14.9 Å². The molecule has 0 bridgehead atoms. The molecule has 18 heavy (non-hydrogen) atoms. The van der Waals surface area contributed by atoms with E-state index in [4.69, 9.17) is 9.66 Å². The van der Waals surface area contributed by atoms with Gasteiger partial charge in [-0.3, -0.25) is 9.35 Å². The predicted octanol–water partition coefficient (Wildman–Crippen LogP) is 1.13. The summed E-state index contributed by atoms with van der Waals surface area (Å²) in [7, 11) is -4.04. The number of hydrogen-bond acceptors (Lipinski definition) is 4. The van der Waals surface area contributed by atoms with Gasteiger partial charge >= 0.3 is 5.97 Å². The van der Waals surface area contributed by atoms with Gasteiger partial charge in [-0.05, 0) is 32.1 Å². The molecule has 0 saturated carbocycles. The first-order chi connectivity index (χ1) is 7.89. The largest absolute Gasteiger partial charge is 0.480 e. The van der Waals surface area contributed by atoms with Crippen molar-refractivity contribution >= 4 is 16.1 Å². The molecule has 0 aliphatic heterocycles. The van der Waals surface area contributed by atoms with E-state index in [9.17, 15) is 13.2 Å². The number of carboxylic acids is 1. The summed E-state index contributed by atoms with van der Waals surface area (Å²) in [6, 6.07) is 0. The summed E-state index contributed by atoms with van der Waals surface area (Å²) < 4.78 is 31.0. The lowest BCUT2D eigenvalue weighted by atomic mass is 9.78. The van der Waals surface area contributed by atoms with Crippen molar-refractivity contribution in [3.05, 3.63) is 0 Å². The maximum Gasteiger partial charge on any atom is 0.317 e. The first kappa shape index (κ1) is 17.3. The van der Waals surface area contributed by atoms with Crippen LogP contribution in [0.2, 0.25) is 0 Å². The Labute approximate surface area is 109 Å².